The van der Waals surface area contributed by atoms with Crippen molar-refractivity contribution in [2.45, 2.75) is 38.3 Å². The van der Waals surface area contributed by atoms with Crippen LogP contribution in [0.25, 0.3) is 0 Å². The lowest BCUT2D eigenvalue weighted by Gasteiger charge is -2.25. The second kappa shape index (κ2) is 7.17. The summed E-state index contributed by atoms with van der Waals surface area (Å²) in [7, 11) is 0. The number of piperidine rings is 2. The first-order chi connectivity index (χ1) is 7.20. The predicted molar refractivity (Wildman–Crippen MR) is 64.7 cm³/mol. The zero-order valence-corrected chi connectivity index (χ0v) is 9.84. The SMILES string of the molecule is C[C@H]1CNCC[C@H]1N.NC1CCNCC1. The van der Waals surface area contributed by atoms with Crippen LogP contribution in [0.1, 0.15) is 26.2 Å². The lowest BCUT2D eigenvalue weighted by Crippen LogP contribution is -2.43. The van der Waals surface area contributed by atoms with Crippen LogP contribution in [0.3, 0.4) is 0 Å². The Morgan fingerprint density at radius 3 is 1.87 bits per heavy atom. The predicted octanol–water partition coefficient (Wildman–Crippen LogP) is -0.360. The van der Waals surface area contributed by atoms with Gasteiger partial charge in [-0.1, -0.05) is 6.92 Å². The molecule has 2 fully saturated rings. The van der Waals surface area contributed by atoms with E-state index in [1.54, 1.807) is 0 Å². The highest BCUT2D eigenvalue weighted by Gasteiger charge is 2.15. The molecule has 0 amide bonds. The highest BCUT2D eigenvalue weighted by atomic mass is 14.9. The maximum absolute atomic E-state index is 5.74. The van der Waals surface area contributed by atoms with Crippen LogP contribution < -0.4 is 22.1 Å². The molecule has 6 N–H and O–H groups in total. The molecule has 2 atom stereocenters. The van der Waals surface area contributed by atoms with E-state index in [4.69, 9.17) is 11.5 Å². The van der Waals surface area contributed by atoms with Crippen molar-refractivity contribution >= 4 is 0 Å². The summed E-state index contributed by atoms with van der Waals surface area (Å²) < 4.78 is 0. The van der Waals surface area contributed by atoms with E-state index in [-0.39, 0.29) is 0 Å². The summed E-state index contributed by atoms with van der Waals surface area (Å²) in [6, 6.07) is 0.914. The van der Waals surface area contributed by atoms with Gasteiger partial charge in [0.15, 0.2) is 0 Å². The van der Waals surface area contributed by atoms with Gasteiger partial charge in [-0.25, -0.2) is 0 Å². The first kappa shape index (κ1) is 12.9. The molecule has 2 aliphatic rings. The minimum Gasteiger partial charge on any atom is -0.328 e. The van der Waals surface area contributed by atoms with Gasteiger partial charge in [0.05, 0.1) is 0 Å². The van der Waals surface area contributed by atoms with E-state index in [2.05, 4.69) is 17.6 Å². The van der Waals surface area contributed by atoms with Crippen molar-refractivity contribution in [3.8, 4) is 0 Å². The number of hydrogen-bond donors (Lipinski definition) is 4. The van der Waals surface area contributed by atoms with Gasteiger partial charge in [-0.2, -0.15) is 0 Å². The lowest BCUT2D eigenvalue weighted by molar-refractivity contribution is 0.349. The first-order valence-electron chi connectivity index (χ1n) is 6.12. The van der Waals surface area contributed by atoms with Gasteiger partial charge in [-0.3, -0.25) is 0 Å². The molecule has 0 bridgehead atoms. The third-order valence-electron chi connectivity index (χ3n) is 3.24. The Kier molecular flexibility index (Phi) is 6.17. The van der Waals surface area contributed by atoms with Gasteiger partial charge in [-0.05, 0) is 51.4 Å². The molecule has 0 unspecified atom stereocenters. The summed E-state index contributed by atoms with van der Waals surface area (Å²) in [4.78, 5) is 0. The Morgan fingerprint density at radius 1 is 0.933 bits per heavy atom. The van der Waals surface area contributed by atoms with E-state index in [1.807, 2.05) is 0 Å². The van der Waals surface area contributed by atoms with Crippen molar-refractivity contribution in [2.24, 2.45) is 17.4 Å². The minimum atomic E-state index is 0.441. The van der Waals surface area contributed by atoms with Crippen molar-refractivity contribution in [1.82, 2.24) is 10.6 Å². The van der Waals surface area contributed by atoms with Crippen molar-refractivity contribution in [2.75, 3.05) is 26.2 Å². The molecule has 0 aromatic carbocycles. The summed E-state index contributed by atoms with van der Waals surface area (Å²) in [6.45, 7) is 6.62. The van der Waals surface area contributed by atoms with Gasteiger partial charge in [0.2, 0.25) is 0 Å². The smallest absolute Gasteiger partial charge is 0.00887 e. The normalized spacial score (nSPS) is 33.0. The molecule has 2 rings (SSSR count). The van der Waals surface area contributed by atoms with Crippen molar-refractivity contribution < 1.29 is 0 Å². The van der Waals surface area contributed by atoms with E-state index in [0.717, 1.165) is 45.4 Å². The quantitative estimate of drug-likeness (QED) is 0.444. The van der Waals surface area contributed by atoms with Crippen LogP contribution in [0, 0.1) is 5.92 Å². The molecule has 0 aromatic rings. The maximum Gasteiger partial charge on any atom is 0.00887 e. The van der Waals surface area contributed by atoms with E-state index in [9.17, 15) is 0 Å². The molecule has 0 spiro atoms. The molecule has 2 aliphatic heterocycles. The molecule has 15 heavy (non-hydrogen) atoms. The molecule has 0 saturated carbocycles. The lowest BCUT2D eigenvalue weighted by atomic mass is 9.97. The van der Waals surface area contributed by atoms with Crippen LogP contribution in [0.15, 0.2) is 0 Å². The first-order valence-corrected chi connectivity index (χ1v) is 6.12. The number of hydrogen-bond acceptors (Lipinski definition) is 4. The van der Waals surface area contributed by atoms with Gasteiger partial charge < -0.3 is 22.1 Å². The van der Waals surface area contributed by atoms with Crippen LogP contribution in [-0.2, 0) is 0 Å². The zero-order chi connectivity index (χ0) is 11.1. The van der Waals surface area contributed by atoms with Crippen molar-refractivity contribution in [3.63, 3.8) is 0 Å². The molecular weight excluding hydrogens is 188 g/mol. The van der Waals surface area contributed by atoms with Crippen molar-refractivity contribution in [1.29, 1.82) is 0 Å². The van der Waals surface area contributed by atoms with Gasteiger partial charge >= 0.3 is 0 Å². The fourth-order valence-corrected chi connectivity index (χ4v) is 1.88. The van der Waals surface area contributed by atoms with Crippen LogP contribution in [-0.4, -0.2) is 38.3 Å². The molecule has 4 nitrogen and oxygen atoms in total. The highest BCUT2D eigenvalue weighted by molar-refractivity contribution is 4.76. The average molecular weight is 214 g/mol. The summed E-state index contributed by atoms with van der Waals surface area (Å²) in [5, 5.41) is 6.52. The van der Waals surface area contributed by atoms with Gasteiger partial charge in [0.1, 0.15) is 0 Å². The van der Waals surface area contributed by atoms with Gasteiger partial charge in [0.25, 0.3) is 0 Å². The zero-order valence-electron chi connectivity index (χ0n) is 9.84. The van der Waals surface area contributed by atoms with E-state index < -0.39 is 0 Å². The Bertz CT molecular complexity index is 147. The molecule has 2 heterocycles. The van der Waals surface area contributed by atoms with E-state index in [1.165, 1.54) is 0 Å². The molecule has 0 aliphatic carbocycles. The van der Waals surface area contributed by atoms with Crippen LogP contribution in [0.2, 0.25) is 0 Å². The molecule has 4 heteroatoms. The molecular formula is C11H26N4. The summed E-state index contributed by atoms with van der Waals surface area (Å²) >= 11 is 0. The monoisotopic (exact) mass is 214 g/mol. The molecule has 90 valence electrons. The Morgan fingerprint density at radius 2 is 1.53 bits per heavy atom. The standard InChI is InChI=1S/C6H14N2.C5H12N2/c1-5-4-8-3-2-6(5)7;6-5-1-3-7-4-2-5/h5-6,8H,2-4,7H2,1H3;5,7H,1-4,6H2/t5-,6+;/m0./s1. The number of nitrogens with two attached hydrogens (primary N) is 2. The molecule has 0 radical (unpaired) electrons. The van der Waals surface area contributed by atoms with Crippen LogP contribution >= 0.6 is 0 Å². The number of nitrogens with one attached hydrogen (secondary N) is 2. The minimum absolute atomic E-state index is 0.441. The summed E-state index contributed by atoms with van der Waals surface area (Å²) in [5.74, 6) is 0.670. The largest absolute Gasteiger partial charge is 0.328 e. The average Bonchev–Trinajstić information content (AvgIpc) is 2.25. The van der Waals surface area contributed by atoms with Crippen molar-refractivity contribution in [3.05, 3.63) is 0 Å². The fraction of sp³-hybridized carbons (Fsp3) is 1.00. The van der Waals surface area contributed by atoms with E-state index >= 15 is 0 Å². The van der Waals surface area contributed by atoms with E-state index in [0.29, 0.717) is 18.0 Å². The molecule has 0 aromatic heterocycles. The third kappa shape index (κ3) is 5.47. The maximum atomic E-state index is 5.74. The second-order valence-corrected chi connectivity index (χ2v) is 4.72. The summed E-state index contributed by atoms with van der Waals surface area (Å²) in [6.07, 6.45) is 3.45. The Balaban J connectivity index is 0.000000151. The van der Waals surface area contributed by atoms with Gasteiger partial charge in [0, 0.05) is 12.1 Å². The second-order valence-electron chi connectivity index (χ2n) is 4.72. The Labute approximate surface area is 93.2 Å². The number of rotatable bonds is 0. The molecule has 2 saturated heterocycles. The third-order valence-corrected chi connectivity index (χ3v) is 3.24. The fourth-order valence-electron chi connectivity index (χ4n) is 1.88. The summed E-state index contributed by atoms with van der Waals surface area (Å²) in [5.41, 5.74) is 11.3. The van der Waals surface area contributed by atoms with Crippen LogP contribution in [0.5, 0.6) is 0 Å². The topological polar surface area (TPSA) is 76.1 Å². The van der Waals surface area contributed by atoms with Crippen LogP contribution in [0.4, 0.5) is 0 Å². The van der Waals surface area contributed by atoms with Gasteiger partial charge in [-0.15, -0.1) is 0 Å². The Hall–Kier alpha value is -0.160. The highest BCUT2D eigenvalue weighted by Crippen LogP contribution is 2.06.